The smallest absolute Gasteiger partial charge is 0.255 e. The predicted octanol–water partition coefficient (Wildman–Crippen LogP) is 3.15. The van der Waals surface area contributed by atoms with Crippen LogP contribution in [0.4, 0.5) is 5.69 Å². The van der Waals surface area contributed by atoms with Gasteiger partial charge < -0.3 is 10.6 Å². The van der Waals surface area contributed by atoms with Crippen molar-refractivity contribution in [2.75, 3.05) is 19.3 Å². The molecule has 3 nitrogen and oxygen atoms in total. The van der Waals surface area contributed by atoms with Crippen LogP contribution in [0, 0.1) is 5.92 Å². The molecule has 0 aromatic heterocycles. The molecular formula is C13H19BrN2O. The predicted molar refractivity (Wildman–Crippen MR) is 75.0 cm³/mol. The van der Waals surface area contributed by atoms with Crippen LogP contribution >= 0.6 is 15.9 Å². The van der Waals surface area contributed by atoms with Gasteiger partial charge in [0.25, 0.3) is 5.91 Å². The standard InChI is InChI=1S/C13H19BrN2O/c1-9(2)6-7-16(3)13(17)11-5-4-10(14)8-12(11)15/h4-5,8-9H,6-7,15H2,1-3H3. The fourth-order valence-corrected chi connectivity index (χ4v) is 1.87. The lowest BCUT2D eigenvalue weighted by atomic mass is 10.1. The summed E-state index contributed by atoms with van der Waals surface area (Å²) in [5.74, 6) is 0.572. The summed E-state index contributed by atoms with van der Waals surface area (Å²) in [5.41, 5.74) is 6.92. The number of nitrogens with zero attached hydrogens (tertiary/aromatic N) is 1. The van der Waals surface area contributed by atoms with Crippen LogP contribution in [0.25, 0.3) is 0 Å². The van der Waals surface area contributed by atoms with Crippen molar-refractivity contribution in [2.24, 2.45) is 5.92 Å². The van der Waals surface area contributed by atoms with Gasteiger partial charge in [0, 0.05) is 23.8 Å². The number of carbonyl (C=O) groups excluding carboxylic acids is 1. The fourth-order valence-electron chi connectivity index (χ4n) is 1.49. The van der Waals surface area contributed by atoms with E-state index in [4.69, 9.17) is 5.73 Å². The minimum Gasteiger partial charge on any atom is -0.398 e. The van der Waals surface area contributed by atoms with E-state index in [0.717, 1.165) is 17.4 Å². The van der Waals surface area contributed by atoms with Crippen LogP contribution in [0.1, 0.15) is 30.6 Å². The van der Waals surface area contributed by atoms with Crippen LogP contribution in [0.3, 0.4) is 0 Å². The number of benzene rings is 1. The van der Waals surface area contributed by atoms with Crippen molar-refractivity contribution in [3.63, 3.8) is 0 Å². The molecule has 0 radical (unpaired) electrons. The Balaban J connectivity index is 2.75. The van der Waals surface area contributed by atoms with Gasteiger partial charge in [0.2, 0.25) is 0 Å². The van der Waals surface area contributed by atoms with Crippen LogP contribution < -0.4 is 5.73 Å². The quantitative estimate of drug-likeness (QED) is 0.868. The highest BCUT2D eigenvalue weighted by Gasteiger charge is 2.14. The van der Waals surface area contributed by atoms with Gasteiger partial charge in [-0.05, 0) is 30.5 Å². The average molecular weight is 299 g/mol. The summed E-state index contributed by atoms with van der Waals surface area (Å²) >= 11 is 3.33. The van der Waals surface area contributed by atoms with Crippen molar-refractivity contribution in [3.8, 4) is 0 Å². The first kappa shape index (κ1) is 14.0. The molecule has 17 heavy (non-hydrogen) atoms. The van der Waals surface area contributed by atoms with Gasteiger partial charge in [-0.25, -0.2) is 0 Å². The van der Waals surface area contributed by atoms with Crippen LogP contribution in [0.15, 0.2) is 22.7 Å². The Kier molecular flexibility index (Phi) is 5.00. The first-order valence-electron chi connectivity index (χ1n) is 5.72. The molecule has 1 aromatic rings. The lowest BCUT2D eigenvalue weighted by Crippen LogP contribution is -2.29. The van der Waals surface area contributed by atoms with Gasteiger partial charge in [-0.15, -0.1) is 0 Å². The highest BCUT2D eigenvalue weighted by molar-refractivity contribution is 9.10. The van der Waals surface area contributed by atoms with Crippen molar-refractivity contribution in [3.05, 3.63) is 28.2 Å². The normalized spacial score (nSPS) is 10.6. The minimum absolute atomic E-state index is 0.0179. The lowest BCUT2D eigenvalue weighted by molar-refractivity contribution is 0.0790. The number of hydrogen-bond donors (Lipinski definition) is 1. The van der Waals surface area contributed by atoms with Crippen LogP contribution in [-0.4, -0.2) is 24.4 Å². The van der Waals surface area contributed by atoms with Gasteiger partial charge in [0.15, 0.2) is 0 Å². The molecule has 0 aliphatic heterocycles. The molecule has 0 aliphatic carbocycles. The minimum atomic E-state index is -0.0179. The second kappa shape index (κ2) is 6.05. The Morgan fingerprint density at radius 3 is 2.65 bits per heavy atom. The summed E-state index contributed by atoms with van der Waals surface area (Å²) in [7, 11) is 1.81. The summed E-state index contributed by atoms with van der Waals surface area (Å²) in [6.45, 7) is 5.05. The molecule has 0 bridgehead atoms. The zero-order chi connectivity index (χ0) is 13.0. The van der Waals surface area contributed by atoms with E-state index >= 15 is 0 Å². The monoisotopic (exact) mass is 298 g/mol. The van der Waals surface area contributed by atoms with E-state index in [1.54, 1.807) is 17.0 Å². The Morgan fingerprint density at radius 1 is 1.47 bits per heavy atom. The number of nitrogen functional groups attached to an aromatic ring is 1. The fraction of sp³-hybridized carbons (Fsp3) is 0.462. The van der Waals surface area contributed by atoms with Crippen molar-refractivity contribution >= 4 is 27.5 Å². The van der Waals surface area contributed by atoms with Crippen molar-refractivity contribution in [1.82, 2.24) is 4.90 Å². The van der Waals surface area contributed by atoms with E-state index in [9.17, 15) is 4.79 Å². The maximum absolute atomic E-state index is 12.1. The molecular weight excluding hydrogens is 280 g/mol. The molecule has 94 valence electrons. The van der Waals surface area contributed by atoms with E-state index in [1.165, 1.54) is 0 Å². The molecule has 0 unspecified atom stereocenters. The molecule has 1 amide bonds. The third kappa shape index (κ3) is 4.04. The van der Waals surface area contributed by atoms with Gasteiger partial charge in [-0.3, -0.25) is 4.79 Å². The number of anilines is 1. The molecule has 0 atom stereocenters. The molecule has 0 fully saturated rings. The first-order chi connectivity index (χ1) is 7.91. The number of hydrogen-bond acceptors (Lipinski definition) is 2. The Labute approximate surface area is 111 Å². The Bertz CT molecular complexity index is 404. The van der Waals surface area contributed by atoms with E-state index in [1.807, 2.05) is 13.1 Å². The zero-order valence-corrected chi connectivity index (χ0v) is 12.1. The molecule has 0 saturated carbocycles. The average Bonchev–Trinajstić information content (AvgIpc) is 2.25. The molecule has 2 N–H and O–H groups in total. The maximum atomic E-state index is 12.1. The number of amides is 1. The van der Waals surface area contributed by atoms with E-state index in [0.29, 0.717) is 17.2 Å². The van der Waals surface area contributed by atoms with Crippen LogP contribution in [0.5, 0.6) is 0 Å². The van der Waals surface area contributed by atoms with E-state index in [2.05, 4.69) is 29.8 Å². The second-order valence-corrected chi connectivity index (χ2v) is 5.56. The highest BCUT2D eigenvalue weighted by atomic mass is 79.9. The molecule has 0 heterocycles. The second-order valence-electron chi connectivity index (χ2n) is 4.64. The number of nitrogens with two attached hydrogens (primary N) is 1. The summed E-state index contributed by atoms with van der Waals surface area (Å²) < 4.78 is 0.886. The van der Waals surface area contributed by atoms with Crippen molar-refractivity contribution in [2.45, 2.75) is 20.3 Å². The Hall–Kier alpha value is -1.03. The third-order valence-corrected chi connectivity index (χ3v) is 3.13. The molecule has 1 aromatic carbocycles. The van der Waals surface area contributed by atoms with Gasteiger partial charge >= 0.3 is 0 Å². The Morgan fingerprint density at radius 2 is 2.12 bits per heavy atom. The molecule has 1 rings (SSSR count). The van der Waals surface area contributed by atoms with Crippen LogP contribution in [-0.2, 0) is 0 Å². The van der Waals surface area contributed by atoms with E-state index in [-0.39, 0.29) is 5.91 Å². The number of carbonyl (C=O) groups is 1. The summed E-state index contributed by atoms with van der Waals surface area (Å²) in [5, 5.41) is 0. The molecule has 0 spiro atoms. The summed E-state index contributed by atoms with van der Waals surface area (Å²) in [4.78, 5) is 13.8. The van der Waals surface area contributed by atoms with Crippen molar-refractivity contribution < 1.29 is 4.79 Å². The van der Waals surface area contributed by atoms with E-state index < -0.39 is 0 Å². The lowest BCUT2D eigenvalue weighted by Gasteiger charge is -2.19. The van der Waals surface area contributed by atoms with Crippen molar-refractivity contribution in [1.29, 1.82) is 0 Å². The van der Waals surface area contributed by atoms with Gasteiger partial charge in [-0.2, -0.15) is 0 Å². The van der Waals surface area contributed by atoms with Gasteiger partial charge in [-0.1, -0.05) is 29.8 Å². The molecule has 0 saturated heterocycles. The molecule has 4 heteroatoms. The largest absolute Gasteiger partial charge is 0.398 e. The van der Waals surface area contributed by atoms with Gasteiger partial charge in [0.1, 0.15) is 0 Å². The summed E-state index contributed by atoms with van der Waals surface area (Å²) in [6, 6.07) is 5.34. The number of halogens is 1. The zero-order valence-electron chi connectivity index (χ0n) is 10.5. The first-order valence-corrected chi connectivity index (χ1v) is 6.51. The highest BCUT2D eigenvalue weighted by Crippen LogP contribution is 2.20. The third-order valence-electron chi connectivity index (χ3n) is 2.63. The van der Waals surface area contributed by atoms with Crippen LogP contribution in [0.2, 0.25) is 0 Å². The summed E-state index contributed by atoms with van der Waals surface area (Å²) in [6.07, 6.45) is 0.999. The number of rotatable bonds is 4. The van der Waals surface area contributed by atoms with Gasteiger partial charge in [0.05, 0.1) is 5.56 Å². The SMILES string of the molecule is CC(C)CCN(C)C(=O)c1ccc(Br)cc1N. The maximum Gasteiger partial charge on any atom is 0.255 e. The topological polar surface area (TPSA) is 46.3 Å². The molecule has 0 aliphatic rings.